The first-order chi connectivity index (χ1) is 6.65. The molecule has 0 radical (unpaired) electrons. The Morgan fingerprint density at radius 1 is 1.21 bits per heavy atom. The molecule has 0 unspecified atom stereocenters. The zero-order valence-electron chi connectivity index (χ0n) is 8.42. The van der Waals surface area contributed by atoms with Crippen LogP contribution in [0.1, 0.15) is 20.3 Å². The zero-order valence-corrected chi connectivity index (χ0v) is 10.0. The van der Waals surface area contributed by atoms with Crippen LogP contribution in [0, 0.1) is 5.92 Å². The van der Waals surface area contributed by atoms with Gasteiger partial charge in [-0.1, -0.05) is 15.9 Å². The Hall–Kier alpha value is -0.580. The fourth-order valence-corrected chi connectivity index (χ4v) is 1.38. The predicted octanol–water partition coefficient (Wildman–Crippen LogP) is 1.51. The number of rotatable bonds is 6. The highest BCUT2D eigenvalue weighted by molar-refractivity contribution is 9.09. The average Bonchev–Trinajstić information content (AvgIpc) is 2.15. The number of alkyl halides is 1. The van der Waals surface area contributed by atoms with E-state index in [0.29, 0.717) is 18.5 Å². The van der Waals surface area contributed by atoms with Crippen molar-refractivity contribution < 1.29 is 19.1 Å². The number of hydrogen-bond donors (Lipinski definition) is 0. The van der Waals surface area contributed by atoms with Crippen LogP contribution in [0.4, 0.5) is 0 Å². The van der Waals surface area contributed by atoms with E-state index in [1.165, 1.54) is 0 Å². The lowest BCUT2D eigenvalue weighted by atomic mass is 10.1. The number of hydrogen-bond acceptors (Lipinski definition) is 4. The number of esters is 2. The average molecular weight is 267 g/mol. The van der Waals surface area contributed by atoms with Gasteiger partial charge >= 0.3 is 11.9 Å². The van der Waals surface area contributed by atoms with Gasteiger partial charge in [0.25, 0.3) is 0 Å². The topological polar surface area (TPSA) is 52.6 Å². The number of carbonyl (C=O) groups excluding carboxylic acids is 2. The summed E-state index contributed by atoms with van der Waals surface area (Å²) in [5, 5.41) is 0.407. The molecule has 5 heteroatoms. The van der Waals surface area contributed by atoms with Gasteiger partial charge in [-0.25, -0.2) is 0 Å². The monoisotopic (exact) mass is 266 g/mol. The van der Waals surface area contributed by atoms with E-state index in [1.54, 1.807) is 13.8 Å². The summed E-state index contributed by atoms with van der Waals surface area (Å²) < 4.78 is 9.53. The van der Waals surface area contributed by atoms with Crippen molar-refractivity contribution in [3.63, 3.8) is 0 Å². The first kappa shape index (κ1) is 13.4. The second-order valence-electron chi connectivity index (χ2n) is 2.61. The van der Waals surface area contributed by atoms with Gasteiger partial charge < -0.3 is 9.47 Å². The van der Waals surface area contributed by atoms with Gasteiger partial charge in [-0.15, -0.1) is 0 Å². The lowest BCUT2D eigenvalue weighted by Gasteiger charge is -2.11. The van der Waals surface area contributed by atoms with Crippen LogP contribution in [0.15, 0.2) is 0 Å². The molecule has 0 aliphatic heterocycles. The molecule has 1 atom stereocenters. The molecule has 0 saturated heterocycles. The van der Waals surface area contributed by atoms with Gasteiger partial charge in [-0.3, -0.25) is 9.59 Å². The van der Waals surface area contributed by atoms with Crippen molar-refractivity contribution in [1.29, 1.82) is 0 Å². The molecule has 0 amide bonds. The molecule has 0 aliphatic carbocycles. The Morgan fingerprint density at radius 3 is 2.21 bits per heavy atom. The predicted molar refractivity (Wildman–Crippen MR) is 55.2 cm³/mol. The van der Waals surface area contributed by atoms with Crippen molar-refractivity contribution in [3.05, 3.63) is 0 Å². The van der Waals surface area contributed by atoms with E-state index >= 15 is 0 Å². The minimum Gasteiger partial charge on any atom is -0.466 e. The summed E-state index contributed by atoms with van der Waals surface area (Å²) in [7, 11) is 0. The fourth-order valence-electron chi connectivity index (χ4n) is 0.882. The largest absolute Gasteiger partial charge is 0.466 e. The number of carbonyl (C=O) groups is 2. The molecule has 0 aromatic carbocycles. The van der Waals surface area contributed by atoms with Crippen molar-refractivity contribution in [3.8, 4) is 0 Å². The highest BCUT2D eigenvalue weighted by atomic mass is 79.9. The van der Waals surface area contributed by atoms with Gasteiger partial charge in [-0.2, -0.15) is 0 Å². The molecule has 0 spiro atoms. The number of halogens is 1. The van der Waals surface area contributed by atoms with Gasteiger partial charge in [0.2, 0.25) is 0 Å². The lowest BCUT2D eigenvalue weighted by Crippen LogP contribution is -2.23. The van der Waals surface area contributed by atoms with Crippen LogP contribution in [-0.2, 0) is 19.1 Å². The minimum absolute atomic E-state index is 0.0674. The molecule has 82 valence electrons. The maximum atomic E-state index is 11.3. The smallest absolute Gasteiger partial charge is 0.310 e. The van der Waals surface area contributed by atoms with Gasteiger partial charge in [0.15, 0.2) is 0 Å². The van der Waals surface area contributed by atoms with Crippen molar-refractivity contribution in [2.45, 2.75) is 20.3 Å². The van der Waals surface area contributed by atoms with Crippen LogP contribution in [0.25, 0.3) is 0 Å². The Bertz CT molecular complexity index is 193. The molecule has 0 rings (SSSR count). The molecule has 0 heterocycles. The molecule has 0 saturated carbocycles. The van der Waals surface area contributed by atoms with E-state index in [4.69, 9.17) is 9.47 Å². The first-order valence-corrected chi connectivity index (χ1v) is 5.66. The molecule has 0 N–H and O–H groups in total. The summed E-state index contributed by atoms with van der Waals surface area (Å²) in [5.41, 5.74) is 0. The highest BCUT2D eigenvalue weighted by Crippen LogP contribution is 2.10. The molecule has 0 aromatic rings. The Balaban J connectivity index is 4.01. The van der Waals surface area contributed by atoms with Crippen LogP contribution in [-0.4, -0.2) is 30.5 Å². The molecule has 0 aromatic heterocycles. The highest BCUT2D eigenvalue weighted by Gasteiger charge is 2.22. The Labute approximate surface area is 92.1 Å². The van der Waals surface area contributed by atoms with E-state index in [2.05, 4.69) is 15.9 Å². The Morgan fingerprint density at radius 2 is 1.79 bits per heavy atom. The zero-order chi connectivity index (χ0) is 11.0. The van der Waals surface area contributed by atoms with Crippen LogP contribution >= 0.6 is 15.9 Å². The van der Waals surface area contributed by atoms with E-state index in [0.717, 1.165) is 0 Å². The van der Waals surface area contributed by atoms with E-state index in [1.807, 2.05) is 0 Å². The molecule has 0 fully saturated rings. The van der Waals surface area contributed by atoms with Crippen LogP contribution < -0.4 is 0 Å². The third kappa shape index (κ3) is 5.21. The maximum absolute atomic E-state index is 11.3. The number of ether oxygens (including phenoxy) is 2. The van der Waals surface area contributed by atoms with Crippen LogP contribution in [0.3, 0.4) is 0 Å². The minimum atomic E-state index is -0.450. The van der Waals surface area contributed by atoms with Crippen molar-refractivity contribution in [2.75, 3.05) is 18.5 Å². The van der Waals surface area contributed by atoms with Crippen molar-refractivity contribution in [1.82, 2.24) is 0 Å². The fraction of sp³-hybridized carbons (Fsp3) is 0.778. The summed E-state index contributed by atoms with van der Waals surface area (Å²) in [6.07, 6.45) is 0.0674. The van der Waals surface area contributed by atoms with Gasteiger partial charge in [0.1, 0.15) is 0 Å². The summed E-state index contributed by atoms with van der Waals surface area (Å²) in [6, 6.07) is 0. The second-order valence-corrected chi connectivity index (χ2v) is 3.26. The third-order valence-electron chi connectivity index (χ3n) is 1.52. The third-order valence-corrected chi connectivity index (χ3v) is 2.31. The van der Waals surface area contributed by atoms with Crippen molar-refractivity contribution in [2.24, 2.45) is 5.92 Å². The summed E-state index contributed by atoms with van der Waals surface area (Å²) in [4.78, 5) is 22.3. The van der Waals surface area contributed by atoms with Gasteiger partial charge in [0, 0.05) is 5.33 Å². The molecular weight excluding hydrogens is 252 g/mol. The van der Waals surface area contributed by atoms with E-state index < -0.39 is 5.92 Å². The molecule has 0 bridgehead atoms. The van der Waals surface area contributed by atoms with E-state index in [9.17, 15) is 9.59 Å². The summed E-state index contributed by atoms with van der Waals surface area (Å²) in [6.45, 7) is 4.11. The van der Waals surface area contributed by atoms with E-state index in [-0.39, 0.29) is 18.4 Å². The van der Waals surface area contributed by atoms with Crippen LogP contribution in [0.5, 0.6) is 0 Å². The molecular formula is C9H15BrO4. The normalized spacial score (nSPS) is 11.9. The lowest BCUT2D eigenvalue weighted by molar-refractivity contribution is -0.153. The molecule has 14 heavy (non-hydrogen) atoms. The summed E-state index contributed by atoms with van der Waals surface area (Å²) >= 11 is 3.16. The standard InChI is InChI=1S/C9H15BrO4/c1-3-13-8(11)5-7(6-10)9(12)14-4-2/h7H,3-6H2,1-2H3/t7-/m0/s1. The SMILES string of the molecule is CCOC(=O)C[C@@H](CBr)C(=O)OCC. The second kappa shape index (κ2) is 7.79. The Kier molecular flexibility index (Phi) is 7.47. The van der Waals surface area contributed by atoms with Gasteiger partial charge in [-0.05, 0) is 13.8 Å². The molecule has 0 aliphatic rings. The van der Waals surface area contributed by atoms with Gasteiger partial charge in [0.05, 0.1) is 25.6 Å². The quantitative estimate of drug-likeness (QED) is 0.540. The molecule has 4 nitrogen and oxygen atoms in total. The van der Waals surface area contributed by atoms with Crippen LogP contribution in [0.2, 0.25) is 0 Å². The van der Waals surface area contributed by atoms with Crippen molar-refractivity contribution >= 4 is 27.9 Å². The maximum Gasteiger partial charge on any atom is 0.310 e. The summed E-state index contributed by atoms with van der Waals surface area (Å²) in [5.74, 6) is -1.18. The first-order valence-electron chi connectivity index (χ1n) is 4.53.